The largest absolute Gasteiger partial charge is 0.499 e. The number of ether oxygens (including phenoxy) is 1. The Bertz CT molecular complexity index is 277. The first-order valence-corrected chi connectivity index (χ1v) is 4.59. The van der Waals surface area contributed by atoms with Crippen LogP contribution in [-0.4, -0.2) is 6.61 Å². The molecule has 0 aliphatic rings. The molecule has 2 heteroatoms. The molecule has 0 saturated carbocycles. The molecule has 0 amide bonds. The van der Waals surface area contributed by atoms with Gasteiger partial charge in [-0.25, -0.2) is 0 Å². The predicted molar refractivity (Wildman–Crippen MR) is 55.9 cm³/mol. The number of halogens is 1. The fourth-order valence-corrected chi connectivity index (χ4v) is 1.12. The van der Waals surface area contributed by atoms with Crippen LogP contribution in [0, 0.1) is 0 Å². The van der Waals surface area contributed by atoms with Gasteiger partial charge >= 0.3 is 0 Å². The van der Waals surface area contributed by atoms with Gasteiger partial charge in [0.2, 0.25) is 0 Å². The zero-order valence-electron chi connectivity index (χ0n) is 7.72. The Morgan fingerprint density at radius 1 is 1.38 bits per heavy atom. The maximum Gasteiger partial charge on any atom is 0.0917 e. The van der Waals surface area contributed by atoms with E-state index in [0.717, 1.165) is 17.2 Å². The average Bonchev–Trinajstić information content (AvgIpc) is 2.08. The summed E-state index contributed by atoms with van der Waals surface area (Å²) in [5.41, 5.74) is 1.23. The van der Waals surface area contributed by atoms with Gasteiger partial charge in [0, 0.05) is 11.4 Å². The second-order valence-corrected chi connectivity index (χ2v) is 3.36. The molecule has 1 aromatic rings. The van der Waals surface area contributed by atoms with Crippen molar-refractivity contribution < 1.29 is 4.74 Å². The van der Waals surface area contributed by atoms with Crippen LogP contribution in [0.2, 0.25) is 5.02 Å². The van der Waals surface area contributed by atoms with Crippen molar-refractivity contribution in [1.29, 1.82) is 0 Å². The summed E-state index contributed by atoms with van der Waals surface area (Å²) in [5, 5.41) is 0.768. The van der Waals surface area contributed by atoms with Gasteiger partial charge in [-0.05, 0) is 24.6 Å². The van der Waals surface area contributed by atoms with Crippen LogP contribution in [-0.2, 0) is 11.2 Å². The van der Waals surface area contributed by atoms with E-state index in [1.165, 1.54) is 5.56 Å². The first kappa shape index (κ1) is 10.1. The van der Waals surface area contributed by atoms with Gasteiger partial charge in [0.25, 0.3) is 0 Å². The lowest BCUT2D eigenvalue weighted by Gasteiger charge is -2.04. The molecule has 70 valence electrons. The summed E-state index contributed by atoms with van der Waals surface area (Å²) in [5.74, 6) is 0.758. The van der Waals surface area contributed by atoms with Crippen LogP contribution in [0.4, 0.5) is 0 Å². The van der Waals surface area contributed by atoms with E-state index in [1.807, 2.05) is 31.2 Å². The fourth-order valence-electron chi connectivity index (χ4n) is 0.994. The molecule has 1 aromatic carbocycles. The minimum Gasteiger partial charge on any atom is -0.499 e. The maximum atomic E-state index is 5.75. The summed E-state index contributed by atoms with van der Waals surface area (Å²) in [7, 11) is 0. The SMILES string of the molecule is C=C(C)OCCc1ccc(Cl)cc1. The predicted octanol–water partition coefficient (Wildman–Crippen LogP) is 3.43. The standard InChI is InChI=1S/C11H13ClO/c1-9(2)13-8-7-10-3-5-11(12)6-4-10/h3-6H,1,7-8H2,2H3. The summed E-state index contributed by atoms with van der Waals surface area (Å²) in [6, 6.07) is 7.78. The summed E-state index contributed by atoms with van der Waals surface area (Å²) in [4.78, 5) is 0. The van der Waals surface area contributed by atoms with Crippen LogP contribution < -0.4 is 0 Å². The molecule has 0 saturated heterocycles. The number of hydrogen-bond donors (Lipinski definition) is 0. The molecule has 0 fully saturated rings. The maximum absolute atomic E-state index is 5.75. The van der Waals surface area contributed by atoms with E-state index < -0.39 is 0 Å². The highest BCUT2D eigenvalue weighted by Gasteiger charge is 1.93. The molecule has 1 rings (SSSR count). The smallest absolute Gasteiger partial charge is 0.0917 e. The van der Waals surface area contributed by atoms with Crippen LogP contribution >= 0.6 is 11.6 Å². The van der Waals surface area contributed by atoms with Crippen molar-refractivity contribution in [2.24, 2.45) is 0 Å². The number of benzene rings is 1. The molecule has 0 aromatic heterocycles. The second-order valence-electron chi connectivity index (χ2n) is 2.93. The fraction of sp³-hybridized carbons (Fsp3) is 0.273. The monoisotopic (exact) mass is 196 g/mol. The van der Waals surface area contributed by atoms with E-state index in [9.17, 15) is 0 Å². The molecule has 0 aliphatic heterocycles. The minimum absolute atomic E-state index is 0.678. The Hall–Kier alpha value is -0.950. The average molecular weight is 197 g/mol. The third kappa shape index (κ3) is 4.00. The van der Waals surface area contributed by atoms with E-state index in [0.29, 0.717) is 6.61 Å². The lowest BCUT2D eigenvalue weighted by atomic mass is 10.2. The number of rotatable bonds is 4. The molecule has 0 unspecified atom stereocenters. The minimum atomic E-state index is 0.678. The lowest BCUT2D eigenvalue weighted by Crippen LogP contribution is -1.95. The van der Waals surface area contributed by atoms with Gasteiger partial charge < -0.3 is 4.74 Å². The molecule has 0 heterocycles. The zero-order chi connectivity index (χ0) is 9.68. The first-order chi connectivity index (χ1) is 6.18. The van der Waals surface area contributed by atoms with E-state index in [1.54, 1.807) is 0 Å². The van der Waals surface area contributed by atoms with Crippen LogP contribution in [0.3, 0.4) is 0 Å². The van der Waals surface area contributed by atoms with E-state index in [4.69, 9.17) is 16.3 Å². The summed E-state index contributed by atoms with van der Waals surface area (Å²) in [6.45, 7) is 6.18. The quantitative estimate of drug-likeness (QED) is 0.671. The van der Waals surface area contributed by atoms with E-state index in [-0.39, 0.29) is 0 Å². The molecule has 0 atom stereocenters. The molecule has 0 spiro atoms. The topological polar surface area (TPSA) is 9.23 Å². The van der Waals surface area contributed by atoms with Crippen LogP contribution in [0.5, 0.6) is 0 Å². The van der Waals surface area contributed by atoms with E-state index >= 15 is 0 Å². The Morgan fingerprint density at radius 2 is 2.00 bits per heavy atom. The first-order valence-electron chi connectivity index (χ1n) is 4.21. The van der Waals surface area contributed by atoms with Gasteiger partial charge in [-0.15, -0.1) is 0 Å². The van der Waals surface area contributed by atoms with Crippen molar-refractivity contribution in [3.63, 3.8) is 0 Å². The molecule has 0 aliphatic carbocycles. The summed E-state index contributed by atoms with van der Waals surface area (Å²) >= 11 is 5.75. The third-order valence-corrected chi connectivity index (χ3v) is 1.90. The molecule has 0 bridgehead atoms. The molecule has 0 radical (unpaired) electrons. The van der Waals surface area contributed by atoms with Crippen molar-refractivity contribution in [2.45, 2.75) is 13.3 Å². The molecular formula is C11H13ClO. The molecule has 13 heavy (non-hydrogen) atoms. The Morgan fingerprint density at radius 3 is 2.54 bits per heavy atom. The highest BCUT2D eigenvalue weighted by atomic mass is 35.5. The van der Waals surface area contributed by atoms with E-state index in [2.05, 4.69) is 6.58 Å². The second kappa shape index (κ2) is 4.93. The van der Waals surface area contributed by atoms with Crippen LogP contribution in [0.25, 0.3) is 0 Å². The number of hydrogen-bond acceptors (Lipinski definition) is 1. The van der Waals surface area contributed by atoms with Gasteiger partial charge in [0.05, 0.1) is 12.4 Å². The lowest BCUT2D eigenvalue weighted by molar-refractivity contribution is 0.219. The Labute approximate surface area is 84.0 Å². The molecule has 0 N–H and O–H groups in total. The van der Waals surface area contributed by atoms with Gasteiger partial charge in [0.1, 0.15) is 0 Å². The van der Waals surface area contributed by atoms with Crippen LogP contribution in [0.1, 0.15) is 12.5 Å². The van der Waals surface area contributed by atoms with Gasteiger partial charge in [-0.2, -0.15) is 0 Å². The van der Waals surface area contributed by atoms with Crippen molar-refractivity contribution >= 4 is 11.6 Å². The van der Waals surface area contributed by atoms with Crippen molar-refractivity contribution in [1.82, 2.24) is 0 Å². The molecular weight excluding hydrogens is 184 g/mol. The van der Waals surface area contributed by atoms with Crippen molar-refractivity contribution in [2.75, 3.05) is 6.61 Å². The zero-order valence-corrected chi connectivity index (χ0v) is 8.47. The normalized spacial score (nSPS) is 9.69. The van der Waals surface area contributed by atoms with Gasteiger partial charge in [0.15, 0.2) is 0 Å². The van der Waals surface area contributed by atoms with Gasteiger partial charge in [-0.3, -0.25) is 0 Å². The summed E-state index contributed by atoms with van der Waals surface area (Å²) < 4.78 is 5.25. The Balaban J connectivity index is 2.37. The molecule has 1 nitrogen and oxygen atoms in total. The van der Waals surface area contributed by atoms with Gasteiger partial charge in [-0.1, -0.05) is 30.3 Å². The summed E-state index contributed by atoms with van der Waals surface area (Å²) in [6.07, 6.45) is 0.893. The highest BCUT2D eigenvalue weighted by Crippen LogP contribution is 2.10. The van der Waals surface area contributed by atoms with Crippen molar-refractivity contribution in [3.8, 4) is 0 Å². The third-order valence-electron chi connectivity index (χ3n) is 1.65. The van der Waals surface area contributed by atoms with Crippen LogP contribution in [0.15, 0.2) is 36.6 Å². The number of allylic oxidation sites excluding steroid dienone is 1. The Kier molecular flexibility index (Phi) is 3.84. The van der Waals surface area contributed by atoms with Crippen molar-refractivity contribution in [3.05, 3.63) is 47.2 Å². The highest BCUT2D eigenvalue weighted by molar-refractivity contribution is 6.30.